The maximum Gasteiger partial charge on any atom is 0.105 e. The zero-order valence-electron chi connectivity index (χ0n) is 8.78. The smallest absolute Gasteiger partial charge is 0.105 e. The highest BCUT2D eigenvalue weighted by molar-refractivity contribution is 9.09. The Kier molecular flexibility index (Phi) is 3.78. The molecule has 0 amide bonds. The average molecular weight is 271 g/mol. The summed E-state index contributed by atoms with van der Waals surface area (Å²) in [4.78, 5) is 0. The molecule has 3 heteroatoms. The standard InChI is InChI=1S/C12H15BrO2/c1-9-4-2-3-5-11(9)12(6-13)15-10-7-14-8-10/h2-5,10,12H,6-8H2,1H3. The number of alkyl halides is 1. The Labute approximate surface area is 98.7 Å². The first-order valence-corrected chi connectivity index (χ1v) is 6.28. The Morgan fingerprint density at radius 1 is 1.47 bits per heavy atom. The van der Waals surface area contributed by atoms with Crippen LogP contribution in [-0.2, 0) is 9.47 Å². The third-order valence-electron chi connectivity index (χ3n) is 2.64. The highest BCUT2D eigenvalue weighted by Crippen LogP contribution is 2.26. The molecule has 1 heterocycles. The van der Waals surface area contributed by atoms with Crippen molar-refractivity contribution >= 4 is 15.9 Å². The second-order valence-corrected chi connectivity index (χ2v) is 4.44. The third-order valence-corrected chi connectivity index (χ3v) is 3.23. The summed E-state index contributed by atoms with van der Waals surface area (Å²) in [5.74, 6) is 0. The van der Waals surface area contributed by atoms with Gasteiger partial charge in [0.2, 0.25) is 0 Å². The number of hydrogen-bond acceptors (Lipinski definition) is 2. The predicted octanol–water partition coefficient (Wildman–Crippen LogP) is 2.85. The summed E-state index contributed by atoms with van der Waals surface area (Å²) in [5.41, 5.74) is 2.54. The summed E-state index contributed by atoms with van der Waals surface area (Å²) in [6.07, 6.45) is 0.409. The minimum Gasteiger partial charge on any atom is -0.376 e. The van der Waals surface area contributed by atoms with Crippen molar-refractivity contribution in [3.63, 3.8) is 0 Å². The molecule has 2 rings (SSSR count). The first kappa shape index (κ1) is 11.1. The van der Waals surface area contributed by atoms with E-state index in [2.05, 4.69) is 47.1 Å². The molecule has 1 fully saturated rings. The van der Waals surface area contributed by atoms with E-state index in [9.17, 15) is 0 Å². The molecule has 0 aliphatic carbocycles. The highest BCUT2D eigenvalue weighted by Gasteiger charge is 2.24. The van der Waals surface area contributed by atoms with Crippen molar-refractivity contribution in [2.45, 2.75) is 19.1 Å². The monoisotopic (exact) mass is 270 g/mol. The lowest BCUT2D eigenvalue weighted by Crippen LogP contribution is -2.37. The molecular formula is C12H15BrO2. The molecule has 2 nitrogen and oxygen atoms in total. The first-order chi connectivity index (χ1) is 7.31. The van der Waals surface area contributed by atoms with Crippen LogP contribution in [0.2, 0.25) is 0 Å². The van der Waals surface area contributed by atoms with Gasteiger partial charge in [0.05, 0.1) is 19.3 Å². The normalized spacial score (nSPS) is 18.5. The van der Waals surface area contributed by atoms with Gasteiger partial charge in [0.15, 0.2) is 0 Å². The molecule has 0 N–H and O–H groups in total. The van der Waals surface area contributed by atoms with E-state index in [0.717, 1.165) is 18.5 Å². The molecule has 82 valence electrons. The zero-order chi connectivity index (χ0) is 10.7. The van der Waals surface area contributed by atoms with Gasteiger partial charge in [0.25, 0.3) is 0 Å². The molecule has 0 spiro atoms. The zero-order valence-corrected chi connectivity index (χ0v) is 10.4. The summed E-state index contributed by atoms with van der Waals surface area (Å²) in [6, 6.07) is 8.35. The Morgan fingerprint density at radius 3 is 2.73 bits per heavy atom. The SMILES string of the molecule is Cc1ccccc1C(CBr)OC1COC1. The largest absolute Gasteiger partial charge is 0.376 e. The molecule has 1 saturated heterocycles. The van der Waals surface area contributed by atoms with Crippen molar-refractivity contribution in [2.75, 3.05) is 18.5 Å². The quantitative estimate of drug-likeness (QED) is 0.784. The van der Waals surface area contributed by atoms with Crippen molar-refractivity contribution in [2.24, 2.45) is 0 Å². The van der Waals surface area contributed by atoms with Gasteiger partial charge in [-0.05, 0) is 18.1 Å². The maximum absolute atomic E-state index is 5.93. The van der Waals surface area contributed by atoms with Gasteiger partial charge >= 0.3 is 0 Å². The molecule has 1 unspecified atom stereocenters. The lowest BCUT2D eigenvalue weighted by Gasteiger charge is -2.30. The van der Waals surface area contributed by atoms with E-state index in [1.807, 2.05) is 0 Å². The van der Waals surface area contributed by atoms with Gasteiger partial charge in [0, 0.05) is 5.33 Å². The summed E-state index contributed by atoms with van der Waals surface area (Å²) in [7, 11) is 0. The van der Waals surface area contributed by atoms with Gasteiger partial charge in [0.1, 0.15) is 6.10 Å². The minimum absolute atomic E-state index is 0.139. The van der Waals surface area contributed by atoms with Crippen LogP contribution in [0.3, 0.4) is 0 Å². The van der Waals surface area contributed by atoms with E-state index in [0.29, 0.717) is 0 Å². The second-order valence-electron chi connectivity index (χ2n) is 3.80. The second kappa shape index (κ2) is 5.10. The fourth-order valence-electron chi connectivity index (χ4n) is 1.67. The fraction of sp³-hybridized carbons (Fsp3) is 0.500. The summed E-state index contributed by atoms with van der Waals surface area (Å²) >= 11 is 3.50. The summed E-state index contributed by atoms with van der Waals surface area (Å²) in [5, 5.41) is 0.828. The Hall–Kier alpha value is -0.380. The molecule has 1 aromatic carbocycles. The third kappa shape index (κ3) is 2.60. The van der Waals surface area contributed by atoms with Crippen LogP contribution in [0.25, 0.3) is 0 Å². The van der Waals surface area contributed by atoms with E-state index in [1.54, 1.807) is 0 Å². The van der Waals surface area contributed by atoms with Crippen LogP contribution in [0.15, 0.2) is 24.3 Å². The first-order valence-electron chi connectivity index (χ1n) is 5.16. The molecule has 1 aliphatic rings. The van der Waals surface area contributed by atoms with Gasteiger partial charge < -0.3 is 9.47 Å². The van der Waals surface area contributed by atoms with Crippen LogP contribution in [0.5, 0.6) is 0 Å². The lowest BCUT2D eigenvalue weighted by atomic mass is 10.0. The average Bonchev–Trinajstić information content (AvgIpc) is 2.19. The number of hydrogen-bond donors (Lipinski definition) is 0. The van der Waals surface area contributed by atoms with E-state index < -0.39 is 0 Å². The van der Waals surface area contributed by atoms with Crippen molar-refractivity contribution in [3.8, 4) is 0 Å². The Bertz CT molecular complexity index is 323. The topological polar surface area (TPSA) is 18.5 Å². The molecule has 0 radical (unpaired) electrons. The van der Waals surface area contributed by atoms with Gasteiger partial charge in [-0.1, -0.05) is 40.2 Å². The number of ether oxygens (including phenoxy) is 2. The molecule has 0 saturated carbocycles. The summed E-state index contributed by atoms with van der Waals surface area (Å²) in [6.45, 7) is 3.58. The van der Waals surface area contributed by atoms with Crippen LogP contribution in [0.4, 0.5) is 0 Å². The number of aryl methyl sites for hydroxylation is 1. The predicted molar refractivity (Wildman–Crippen MR) is 63.4 cm³/mol. The number of benzene rings is 1. The summed E-state index contributed by atoms with van der Waals surface area (Å²) < 4.78 is 11.0. The van der Waals surface area contributed by atoms with E-state index in [-0.39, 0.29) is 12.2 Å². The van der Waals surface area contributed by atoms with Crippen LogP contribution in [0.1, 0.15) is 17.2 Å². The number of halogens is 1. The molecule has 1 atom stereocenters. The van der Waals surface area contributed by atoms with E-state index >= 15 is 0 Å². The molecule has 15 heavy (non-hydrogen) atoms. The van der Waals surface area contributed by atoms with Gasteiger partial charge in [-0.3, -0.25) is 0 Å². The molecular weight excluding hydrogens is 256 g/mol. The highest BCUT2D eigenvalue weighted by atomic mass is 79.9. The fourth-order valence-corrected chi connectivity index (χ4v) is 2.17. The van der Waals surface area contributed by atoms with Crippen molar-refractivity contribution in [3.05, 3.63) is 35.4 Å². The minimum atomic E-state index is 0.139. The maximum atomic E-state index is 5.93. The van der Waals surface area contributed by atoms with Crippen molar-refractivity contribution in [1.29, 1.82) is 0 Å². The van der Waals surface area contributed by atoms with Crippen molar-refractivity contribution < 1.29 is 9.47 Å². The molecule has 1 aromatic rings. The number of rotatable bonds is 4. The molecule has 0 bridgehead atoms. The van der Waals surface area contributed by atoms with Gasteiger partial charge in [-0.25, -0.2) is 0 Å². The Balaban J connectivity index is 2.07. The van der Waals surface area contributed by atoms with Crippen LogP contribution >= 0.6 is 15.9 Å². The molecule has 0 aromatic heterocycles. The van der Waals surface area contributed by atoms with Crippen LogP contribution in [-0.4, -0.2) is 24.6 Å². The van der Waals surface area contributed by atoms with Crippen LogP contribution in [0, 0.1) is 6.92 Å². The van der Waals surface area contributed by atoms with Gasteiger partial charge in [-0.15, -0.1) is 0 Å². The Morgan fingerprint density at radius 2 is 2.20 bits per heavy atom. The lowest BCUT2D eigenvalue weighted by molar-refractivity contribution is -0.151. The van der Waals surface area contributed by atoms with E-state index in [1.165, 1.54) is 11.1 Å². The van der Waals surface area contributed by atoms with Crippen LogP contribution < -0.4 is 0 Å². The van der Waals surface area contributed by atoms with Gasteiger partial charge in [-0.2, -0.15) is 0 Å². The molecule has 1 aliphatic heterocycles. The van der Waals surface area contributed by atoms with Crippen molar-refractivity contribution in [1.82, 2.24) is 0 Å². The van der Waals surface area contributed by atoms with E-state index in [4.69, 9.17) is 9.47 Å².